The molecule has 2 aromatic carbocycles. The van der Waals surface area contributed by atoms with E-state index in [1.807, 2.05) is 24.3 Å². The Labute approximate surface area is 203 Å². The van der Waals surface area contributed by atoms with Gasteiger partial charge in [0, 0.05) is 11.1 Å². The van der Waals surface area contributed by atoms with Crippen LogP contribution in [-0.2, 0) is 9.59 Å². The highest BCUT2D eigenvalue weighted by molar-refractivity contribution is 7.15. The number of carboxylic acid groups (broad SMARTS) is 1. The van der Waals surface area contributed by atoms with Crippen molar-refractivity contribution in [2.75, 3.05) is 18.1 Å². The monoisotopic (exact) mass is 490 g/mol. The number of nitrogens with zero attached hydrogens (tertiary/aromatic N) is 4. The second kappa shape index (κ2) is 9.30. The van der Waals surface area contributed by atoms with Gasteiger partial charge in [-0.2, -0.15) is 9.50 Å². The van der Waals surface area contributed by atoms with Gasteiger partial charge in [-0.05, 0) is 36.8 Å². The maximum atomic E-state index is 13.2. The minimum absolute atomic E-state index is 0.176. The zero-order valence-electron chi connectivity index (χ0n) is 18.9. The summed E-state index contributed by atoms with van der Waals surface area (Å²) < 4.78 is 7.11. The highest BCUT2D eigenvalue weighted by Crippen LogP contribution is 2.35. The van der Waals surface area contributed by atoms with Crippen LogP contribution < -0.4 is 19.7 Å². The molecule has 1 N–H and O–H groups in total. The summed E-state index contributed by atoms with van der Waals surface area (Å²) in [5.74, 6) is -0.502. The van der Waals surface area contributed by atoms with E-state index in [9.17, 15) is 19.5 Å². The number of ether oxygens (including phenoxy) is 1. The lowest BCUT2D eigenvalue weighted by atomic mass is 10.1. The van der Waals surface area contributed by atoms with Gasteiger partial charge in [-0.15, -0.1) is 5.10 Å². The number of unbranched alkanes of at least 4 members (excludes halogenated alkanes) is 2. The van der Waals surface area contributed by atoms with E-state index in [2.05, 4.69) is 17.0 Å². The Kier molecular flexibility index (Phi) is 6.04. The largest absolute Gasteiger partial charge is 0.494 e. The van der Waals surface area contributed by atoms with Gasteiger partial charge >= 0.3 is 5.97 Å². The molecule has 3 heterocycles. The molecule has 9 nitrogen and oxygen atoms in total. The molecule has 0 unspecified atom stereocenters. The van der Waals surface area contributed by atoms with Crippen molar-refractivity contribution in [2.45, 2.75) is 26.2 Å². The van der Waals surface area contributed by atoms with Gasteiger partial charge in [0.1, 0.15) is 16.8 Å². The number of benzene rings is 2. The van der Waals surface area contributed by atoms with E-state index in [4.69, 9.17) is 4.74 Å². The molecular formula is C25H22N4O5S. The Balaban J connectivity index is 1.49. The second-order valence-electron chi connectivity index (χ2n) is 8.12. The fraction of sp³-hybridized carbons (Fsp3) is 0.240. The first kappa shape index (κ1) is 22.7. The highest BCUT2D eigenvalue weighted by atomic mass is 32.1. The summed E-state index contributed by atoms with van der Waals surface area (Å²) in [6.07, 6.45) is 3.27. The third-order valence-electron chi connectivity index (χ3n) is 5.73. The van der Waals surface area contributed by atoms with Crippen LogP contribution >= 0.6 is 11.3 Å². The van der Waals surface area contributed by atoms with Crippen LogP contribution in [-0.4, -0.2) is 44.7 Å². The van der Waals surface area contributed by atoms with Gasteiger partial charge in [0.05, 0.1) is 17.9 Å². The number of carbonyl (C=O) groups excluding carboxylic acids is 1. The average molecular weight is 491 g/mol. The van der Waals surface area contributed by atoms with E-state index >= 15 is 0 Å². The molecule has 0 atom stereocenters. The molecule has 0 bridgehead atoms. The van der Waals surface area contributed by atoms with Crippen molar-refractivity contribution < 1.29 is 19.4 Å². The van der Waals surface area contributed by atoms with Crippen molar-refractivity contribution in [1.82, 2.24) is 14.6 Å². The summed E-state index contributed by atoms with van der Waals surface area (Å²) in [4.78, 5) is 43.6. The van der Waals surface area contributed by atoms with Crippen molar-refractivity contribution in [3.8, 4) is 17.1 Å². The number of aliphatic carboxylic acids is 1. The molecule has 0 radical (unpaired) electrons. The van der Waals surface area contributed by atoms with Crippen molar-refractivity contribution in [3.63, 3.8) is 0 Å². The topological polar surface area (TPSA) is 114 Å². The average Bonchev–Trinajstić information content (AvgIpc) is 3.48. The third-order valence-corrected chi connectivity index (χ3v) is 6.76. The van der Waals surface area contributed by atoms with Crippen molar-refractivity contribution in [1.29, 1.82) is 0 Å². The fourth-order valence-corrected chi connectivity index (χ4v) is 5.04. The van der Waals surface area contributed by atoms with Gasteiger partial charge in [-0.25, -0.2) is 0 Å². The number of para-hydroxylation sites is 1. The first-order chi connectivity index (χ1) is 17.0. The predicted octanol–water partition coefficient (Wildman–Crippen LogP) is 2.74. The van der Waals surface area contributed by atoms with Gasteiger partial charge in [0.15, 0.2) is 5.82 Å². The Bertz CT molecular complexity index is 1540. The van der Waals surface area contributed by atoms with E-state index in [1.54, 1.807) is 24.3 Å². The van der Waals surface area contributed by atoms with Crippen molar-refractivity contribution in [2.24, 2.45) is 0 Å². The fourth-order valence-electron chi connectivity index (χ4n) is 4.04. The zero-order chi connectivity index (χ0) is 24.5. The molecule has 0 saturated heterocycles. The summed E-state index contributed by atoms with van der Waals surface area (Å²) in [6, 6.07) is 14.2. The van der Waals surface area contributed by atoms with Crippen LogP contribution in [0.5, 0.6) is 5.75 Å². The minimum atomic E-state index is -1.14. The smallest absolute Gasteiger partial charge is 0.323 e. The Hall–Kier alpha value is -4.05. The van der Waals surface area contributed by atoms with Crippen LogP contribution in [0.3, 0.4) is 0 Å². The molecule has 0 spiro atoms. The standard InChI is InChI=1S/C25H22N4O5S/c1-2-3-6-13-34-16-11-9-15(10-12-16)22-26-25-29(27-22)24(33)21(35-25)20-17-7-4-5-8-18(17)28(23(20)32)14-19(30)31/h4-5,7-12H,2-3,6,13-14H2,1H3,(H,30,31)/b21-20+. The summed E-state index contributed by atoms with van der Waals surface area (Å²) in [7, 11) is 0. The molecule has 5 rings (SSSR count). The number of hydrogen-bond acceptors (Lipinski definition) is 7. The Morgan fingerprint density at radius 3 is 2.57 bits per heavy atom. The normalized spacial score (nSPS) is 14.5. The molecule has 35 heavy (non-hydrogen) atoms. The Morgan fingerprint density at radius 1 is 1.09 bits per heavy atom. The molecule has 1 aliphatic rings. The molecule has 0 fully saturated rings. The Morgan fingerprint density at radius 2 is 1.86 bits per heavy atom. The molecular weight excluding hydrogens is 468 g/mol. The maximum absolute atomic E-state index is 13.2. The molecule has 2 aromatic heterocycles. The number of carboxylic acids is 1. The molecule has 1 amide bonds. The second-order valence-corrected chi connectivity index (χ2v) is 9.10. The summed E-state index contributed by atoms with van der Waals surface area (Å²) in [5.41, 5.74) is 1.44. The highest BCUT2D eigenvalue weighted by Gasteiger charge is 2.35. The van der Waals surface area contributed by atoms with Crippen molar-refractivity contribution >= 4 is 39.4 Å². The maximum Gasteiger partial charge on any atom is 0.323 e. The number of amides is 1. The van der Waals surface area contributed by atoms with E-state index in [-0.39, 0.29) is 10.1 Å². The number of rotatable bonds is 8. The van der Waals surface area contributed by atoms with E-state index in [0.717, 1.165) is 41.9 Å². The van der Waals surface area contributed by atoms with Crippen LogP contribution in [0.1, 0.15) is 31.7 Å². The molecule has 10 heteroatoms. The molecule has 178 valence electrons. The molecule has 0 saturated carbocycles. The van der Waals surface area contributed by atoms with Gasteiger partial charge in [-0.3, -0.25) is 19.3 Å². The number of thiazole rings is 1. The SMILES string of the molecule is CCCCCOc1ccc(-c2nc3s/c(=C4/C(=O)N(CC(=O)O)c5ccccc54)c(=O)n3n2)cc1. The lowest BCUT2D eigenvalue weighted by Gasteiger charge is -2.13. The van der Waals surface area contributed by atoms with Gasteiger partial charge in [0.25, 0.3) is 11.5 Å². The first-order valence-corrected chi connectivity index (χ1v) is 12.1. The number of carbonyl (C=O) groups is 2. The number of anilines is 1. The number of fused-ring (bicyclic) bond motifs is 2. The molecule has 0 aliphatic carbocycles. The summed E-state index contributed by atoms with van der Waals surface area (Å²) >= 11 is 1.06. The zero-order valence-corrected chi connectivity index (χ0v) is 19.7. The van der Waals surface area contributed by atoms with E-state index < -0.39 is 24.0 Å². The lowest BCUT2D eigenvalue weighted by Crippen LogP contribution is -2.35. The van der Waals surface area contributed by atoms with Crippen LogP contribution in [0.2, 0.25) is 0 Å². The minimum Gasteiger partial charge on any atom is -0.494 e. The van der Waals surface area contributed by atoms with E-state index in [0.29, 0.717) is 28.6 Å². The third kappa shape index (κ3) is 4.17. The van der Waals surface area contributed by atoms with Crippen LogP contribution in [0.15, 0.2) is 53.3 Å². The molecule has 4 aromatic rings. The molecule has 1 aliphatic heterocycles. The quantitative estimate of drug-likeness (QED) is 0.378. The summed E-state index contributed by atoms with van der Waals surface area (Å²) in [5, 5.41) is 13.6. The predicted molar refractivity (Wildman–Crippen MR) is 132 cm³/mol. The number of aromatic nitrogens is 3. The van der Waals surface area contributed by atoms with Crippen LogP contribution in [0.4, 0.5) is 5.69 Å². The van der Waals surface area contributed by atoms with E-state index in [1.165, 1.54) is 9.42 Å². The van der Waals surface area contributed by atoms with Gasteiger partial charge < -0.3 is 9.84 Å². The van der Waals surface area contributed by atoms with Gasteiger partial charge in [-0.1, -0.05) is 49.3 Å². The van der Waals surface area contributed by atoms with Crippen molar-refractivity contribution in [3.05, 3.63) is 69.0 Å². The lowest BCUT2D eigenvalue weighted by molar-refractivity contribution is -0.136. The summed E-state index contributed by atoms with van der Waals surface area (Å²) in [6.45, 7) is 2.32. The first-order valence-electron chi connectivity index (χ1n) is 11.3. The van der Waals surface area contributed by atoms with Crippen LogP contribution in [0.25, 0.3) is 21.9 Å². The van der Waals surface area contributed by atoms with Gasteiger partial charge in [0.2, 0.25) is 4.96 Å². The number of hydrogen-bond donors (Lipinski definition) is 1. The van der Waals surface area contributed by atoms with Crippen LogP contribution in [0, 0.1) is 0 Å².